The molecule has 0 saturated carbocycles. The summed E-state index contributed by atoms with van der Waals surface area (Å²) in [5.41, 5.74) is 0. The van der Waals surface area contributed by atoms with E-state index in [1.54, 1.807) is 0 Å². The molecule has 0 rings (SSSR count). The van der Waals surface area contributed by atoms with Gasteiger partial charge < -0.3 is 14.2 Å². The highest BCUT2D eigenvalue weighted by Crippen LogP contribution is 2.17. The normalized spacial score (nSPS) is 12.4. The van der Waals surface area contributed by atoms with Crippen molar-refractivity contribution in [2.45, 2.75) is 309 Å². The molecule has 0 aliphatic carbocycles. The minimum Gasteiger partial charge on any atom is -0.462 e. The lowest BCUT2D eigenvalue weighted by molar-refractivity contribution is -0.167. The molecule has 0 radical (unpaired) electrons. The van der Waals surface area contributed by atoms with Gasteiger partial charge in [0.15, 0.2) is 6.10 Å². The standard InChI is InChI=1S/C63H112O6/c1-4-7-10-13-16-19-22-24-26-28-30-31-32-34-35-37-39-41-44-47-50-53-56-62(65)68-59-60(58-67-61(64)55-52-49-46-43-21-18-15-12-9-6-3)69-63(66)57-54-51-48-45-42-40-38-36-33-29-27-25-23-20-17-14-11-8-5-2/h8,11-12,15,17,20,25,27,33,36,60H,4-7,9-10,13-14,16,18-19,21-24,26,28-32,34-35,37-59H2,1-3H3/b11-8-,15-12-,20-17-,27-25-,36-33-. The van der Waals surface area contributed by atoms with E-state index < -0.39 is 6.10 Å². The van der Waals surface area contributed by atoms with Crippen LogP contribution >= 0.6 is 0 Å². The summed E-state index contributed by atoms with van der Waals surface area (Å²) in [7, 11) is 0. The molecule has 1 atom stereocenters. The molecule has 6 nitrogen and oxygen atoms in total. The molecule has 0 aromatic carbocycles. The van der Waals surface area contributed by atoms with E-state index in [4.69, 9.17) is 14.2 Å². The molecule has 1 unspecified atom stereocenters. The number of allylic oxidation sites excluding steroid dienone is 10. The Bertz CT molecular complexity index is 1250. The molecule has 0 saturated heterocycles. The molecule has 0 aliphatic rings. The van der Waals surface area contributed by atoms with Gasteiger partial charge in [0.05, 0.1) is 0 Å². The Balaban J connectivity index is 4.27. The van der Waals surface area contributed by atoms with E-state index >= 15 is 0 Å². The quantitative estimate of drug-likeness (QED) is 0.0262. The minimum atomic E-state index is -0.783. The smallest absolute Gasteiger partial charge is 0.306 e. The van der Waals surface area contributed by atoms with E-state index in [0.29, 0.717) is 19.3 Å². The monoisotopic (exact) mass is 965 g/mol. The Hall–Kier alpha value is -2.89. The first kappa shape index (κ1) is 66.1. The van der Waals surface area contributed by atoms with Crippen LogP contribution in [0.15, 0.2) is 60.8 Å². The lowest BCUT2D eigenvalue weighted by Gasteiger charge is -2.18. The topological polar surface area (TPSA) is 78.9 Å². The summed E-state index contributed by atoms with van der Waals surface area (Å²) >= 11 is 0. The second-order valence-corrected chi connectivity index (χ2v) is 19.9. The van der Waals surface area contributed by atoms with Crippen molar-refractivity contribution in [3.8, 4) is 0 Å². The second-order valence-electron chi connectivity index (χ2n) is 19.9. The van der Waals surface area contributed by atoms with Gasteiger partial charge in [-0.25, -0.2) is 0 Å². The number of rotatable bonds is 54. The average molecular weight is 966 g/mol. The van der Waals surface area contributed by atoms with Crippen molar-refractivity contribution in [3.63, 3.8) is 0 Å². The average Bonchev–Trinajstić information content (AvgIpc) is 3.35. The summed E-state index contributed by atoms with van der Waals surface area (Å²) in [6.07, 6.45) is 72.3. The molecule has 0 aromatic rings. The predicted molar refractivity (Wildman–Crippen MR) is 298 cm³/mol. The van der Waals surface area contributed by atoms with Crippen LogP contribution in [-0.2, 0) is 28.6 Å². The lowest BCUT2D eigenvalue weighted by Crippen LogP contribution is -2.30. The number of hydrogen-bond acceptors (Lipinski definition) is 6. The first-order chi connectivity index (χ1) is 34.0. The van der Waals surface area contributed by atoms with Gasteiger partial charge in [0.2, 0.25) is 0 Å². The Kier molecular flexibility index (Phi) is 55.3. The number of ether oxygens (including phenoxy) is 3. The molecule has 6 heteroatoms. The Labute approximate surface area is 428 Å². The van der Waals surface area contributed by atoms with Crippen molar-refractivity contribution in [1.82, 2.24) is 0 Å². The van der Waals surface area contributed by atoms with Crippen molar-refractivity contribution >= 4 is 17.9 Å². The van der Waals surface area contributed by atoms with Gasteiger partial charge in [-0.1, -0.05) is 268 Å². The Morgan fingerprint density at radius 2 is 0.594 bits per heavy atom. The molecule has 0 aromatic heterocycles. The minimum absolute atomic E-state index is 0.0802. The summed E-state index contributed by atoms with van der Waals surface area (Å²) in [6.45, 7) is 6.48. The molecule has 0 fully saturated rings. The van der Waals surface area contributed by atoms with E-state index in [9.17, 15) is 14.4 Å². The zero-order valence-electron chi connectivity index (χ0n) is 45.8. The Morgan fingerprint density at radius 1 is 0.304 bits per heavy atom. The maximum Gasteiger partial charge on any atom is 0.306 e. The van der Waals surface area contributed by atoms with E-state index in [1.165, 1.54) is 154 Å². The molecule has 0 heterocycles. The Morgan fingerprint density at radius 3 is 0.957 bits per heavy atom. The molecule has 0 N–H and O–H groups in total. The van der Waals surface area contributed by atoms with Crippen molar-refractivity contribution < 1.29 is 28.6 Å². The number of carbonyl (C=O) groups excluding carboxylic acids is 3. The molecule has 0 bridgehead atoms. The zero-order chi connectivity index (χ0) is 50.0. The van der Waals surface area contributed by atoms with Crippen molar-refractivity contribution in [1.29, 1.82) is 0 Å². The van der Waals surface area contributed by atoms with Crippen LogP contribution in [0.25, 0.3) is 0 Å². The van der Waals surface area contributed by atoms with Crippen LogP contribution in [-0.4, -0.2) is 37.2 Å². The summed E-state index contributed by atoms with van der Waals surface area (Å²) in [5, 5.41) is 0. The van der Waals surface area contributed by atoms with E-state index in [0.717, 1.165) is 109 Å². The number of unbranched alkanes of at least 4 members (excludes halogenated alkanes) is 33. The van der Waals surface area contributed by atoms with Crippen LogP contribution in [0.1, 0.15) is 303 Å². The van der Waals surface area contributed by atoms with Crippen LogP contribution in [0.5, 0.6) is 0 Å². The second kappa shape index (κ2) is 57.7. The fraction of sp³-hybridized carbons (Fsp3) is 0.794. The van der Waals surface area contributed by atoms with Gasteiger partial charge in [-0.2, -0.15) is 0 Å². The fourth-order valence-electron chi connectivity index (χ4n) is 8.56. The molecule has 0 spiro atoms. The first-order valence-corrected chi connectivity index (χ1v) is 29.8. The third-order valence-electron chi connectivity index (χ3n) is 13.0. The van der Waals surface area contributed by atoms with Crippen LogP contribution in [0.4, 0.5) is 0 Å². The van der Waals surface area contributed by atoms with Gasteiger partial charge in [-0.3, -0.25) is 14.4 Å². The van der Waals surface area contributed by atoms with Crippen molar-refractivity contribution in [3.05, 3.63) is 60.8 Å². The third kappa shape index (κ3) is 55.9. The summed E-state index contributed by atoms with van der Waals surface area (Å²) in [5.74, 6) is -0.893. The molecule has 400 valence electrons. The SMILES string of the molecule is CC/C=C\C/C=C\C/C=C\C/C=C\CCCCCCCCC(=O)OC(COC(=O)CCCCCCC/C=C\CCC)COC(=O)CCCCCCCCCCCCCCCCCCCCCCCC. The van der Waals surface area contributed by atoms with Crippen molar-refractivity contribution in [2.24, 2.45) is 0 Å². The molecular weight excluding hydrogens is 853 g/mol. The largest absolute Gasteiger partial charge is 0.462 e. The summed E-state index contributed by atoms with van der Waals surface area (Å²) < 4.78 is 16.8. The highest BCUT2D eigenvalue weighted by atomic mass is 16.6. The van der Waals surface area contributed by atoms with Gasteiger partial charge in [-0.05, 0) is 77.0 Å². The van der Waals surface area contributed by atoms with E-state index in [2.05, 4.69) is 81.5 Å². The van der Waals surface area contributed by atoms with Crippen LogP contribution in [0.3, 0.4) is 0 Å². The van der Waals surface area contributed by atoms with E-state index in [1.807, 2.05) is 0 Å². The van der Waals surface area contributed by atoms with Crippen LogP contribution < -0.4 is 0 Å². The third-order valence-corrected chi connectivity index (χ3v) is 13.0. The van der Waals surface area contributed by atoms with Gasteiger partial charge in [0.1, 0.15) is 13.2 Å². The number of hydrogen-bond donors (Lipinski definition) is 0. The van der Waals surface area contributed by atoms with E-state index in [-0.39, 0.29) is 31.1 Å². The van der Waals surface area contributed by atoms with Crippen molar-refractivity contribution in [2.75, 3.05) is 13.2 Å². The number of esters is 3. The van der Waals surface area contributed by atoms with Gasteiger partial charge in [0, 0.05) is 19.3 Å². The zero-order valence-corrected chi connectivity index (χ0v) is 45.8. The predicted octanol–water partition coefficient (Wildman–Crippen LogP) is 20.0. The fourth-order valence-corrected chi connectivity index (χ4v) is 8.56. The highest BCUT2D eigenvalue weighted by molar-refractivity contribution is 5.71. The summed E-state index contributed by atoms with van der Waals surface area (Å²) in [4.78, 5) is 38.1. The molecule has 0 aliphatic heterocycles. The maximum absolute atomic E-state index is 12.8. The van der Waals surface area contributed by atoms with Gasteiger partial charge >= 0.3 is 17.9 Å². The lowest BCUT2D eigenvalue weighted by atomic mass is 10.0. The first-order valence-electron chi connectivity index (χ1n) is 29.8. The van der Waals surface area contributed by atoms with Crippen LogP contribution in [0.2, 0.25) is 0 Å². The maximum atomic E-state index is 12.8. The number of carbonyl (C=O) groups is 3. The summed E-state index contributed by atoms with van der Waals surface area (Å²) in [6, 6.07) is 0. The highest BCUT2D eigenvalue weighted by Gasteiger charge is 2.19. The molecule has 0 amide bonds. The van der Waals surface area contributed by atoms with Gasteiger partial charge in [0.25, 0.3) is 0 Å². The molecule has 69 heavy (non-hydrogen) atoms. The molecular formula is C63H112O6. The van der Waals surface area contributed by atoms with Crippen LogP contribution in [0, 0.1) is 0 Å². The van der Waals surface area contributed by atoms with Gasteiger partial charge in [-0.15, -0.1) is 0 Å².